The molecule has 17 rings (SSSR count). The number of rotatable bonds is 6. The third kappa shape index (κ3) is 6.73. The van der Waals surface area contributed by atoms with Gasteiger partial charge < -0.3 is 9.47 Å². The monoisotopic (exact) mass is 1050 g/mol. The third-order valence-electron chi connectivity index (χ3n) is 18.0. The van der Waals surface area contributed by atoms with E-state index in [2.05, 4.69) is 290 Å². The zero-order valence-electron chi connectivity index (χ0n) is 45.7. The molecular formula is C78H56N2S. The molecule has 384 valence electrons. The van der Waals surface area contributed by atoms with Gasteiger partial charge in [0.05, 0.1) is 16.4 Å². The van der Waals surface area contributed by atoms with E-state index < -0.39 is 5.41 Å². The van der Waals surface area contributed by atoms with Gasteiger partial charge in [0.25, 0.3) is 0 Å². The Hall–Kier alpha value is -9.54. The van der Waals surface area contributed by atoms with E-state index >= 15 is 0 Å². The quantitative estimate of drug-likeness (QED) is 0.161. The first-order valence-electron chi connectivity index (χ1n) is 28.6. The number of hydrogen-bond donors (Lipinski definition) is 0. The maximum atomic E-state index is 2.57. The summed E-state index contributed by atoms with van der Waals surface area (Å²) in [6.07, 6.45) is 0. The molecule has 2 aromatic heterocycles. The van der Waals surface area contributed by atoms with Gasteiger partial charge in [0.2, 0.25) is 0 Å². The highest BCUT2D eigenvalue weighted by Gasteiger charge is 2.53. The van der Waals surface area contributed by atoms with Crippen molar-refractivity contribution in [1.29, 1.82) is 0 Å². The van der Waals surface area contributed by atoms with Crippen LogP contribution in [0.4, 0.5) is 17.1 Å². The highest BCUT2D eigenvalue weighted by atomic mass is 32.1. The minimum absolute atomic E-state index is 0.168. The number of hydrogen-bond acceptors (Lipinski definition) is 2. The summed E-state index contributed by atoms with van der Waals surface area (Å²) in [5.41, 5.74) is 26.8. The van der Waals surface area contributed by atoms with Crippen LogP contribution < -0.4 is 4.90 Å². The second-order valence-corrected chi connectivity index (χ2v) is 23.4. The number of nitrogens with zero attached hydrogens (tertiary/aromatic N) is 2. The van der Waals surface area contributed by atoms with Crippen molar-refractivity contribution < 1.29 is 0 Å². The molecule has 12 aromatic carbocycles. The van der Waals surface area contributed by atoms with Crippen molar-refractivity contribution in [2.45, 2.75) is 38.5 Å². The van der Waals surface area contributed by atoms with Gasteiger partial charge in [-0.1, -0.05) is 216 Å². The van der Waals surface area contributed by atoms with Crippen molar-refractivity contribution in [1.82, 2.24) is 4.57 Å². The molecular weight excluding hydrogens is 997 g/mol. The van der Waals surface area contributed by atoms with Crippen molar-refractivity contribution >= 4 is 70.4 Å². The molecule has 0 bridgehead atoms. The molecule has 3 aliphatic rings. The number of aromatic nitrogens is 1. The smallest absolute Gasteiger partial charge is 0.0727 e. The Kier molecular flexibility index (Phi) is 10.5. The van der Waals surface area contributed by atoms with Crippen molar-refractivity contribution in [3.05, 3.63) is 300 Å². The van der Waals surface area contributed by atoms with Gasteiger partial charge in [-0.2, -0.15) is 0 Å². The zero-order chi connectivity index (χ0) is 54.1. The van der Waals surface area contributed by atoms with E-state index in [1.807, 2.05) is 25.2 Å². The van der Waals surface area contributed by atoms with E-state index in [1.54, 1.807) is 0 Å². The van der Waals surface area contributed by atoms with Gasteiger partial charge in [0.1, 0.15) is 0 Å². The number of thiophene rings is 1. The van der Waals surface area contributed by atoms with Crippen LogP contribution in [-0.2, 0) is 10.8 Å². The van der Waals surface area contributed by atoms with Crippen LogP contribution in [0.5, 0.6) is 0 Å². The summed E-state index contributed by atoms with van der Waals surface area (Å²) in [4.78, 5) is 2.51. The number of benzene rings is 12. The van der Waals surface area contributed by atoms with Crippen LogP contribution in [0.15, 0.2) is 267 Å². The molecule has 0 saturated heterocycles. The van der Waals surface area contributed by atoms with Gasteiger partial charge in [0.15, 0.2) is 0 Å². The highest BCUT2D eigenvalue weighted by Crippen LogP contribution is 2.66. The van der Waals surface area contributed by atoms with Crippen LogP contribution in [0.25, 0.3) is 103 Å². The Balaban J connectivity index is 0.00000268. The summed E-state index contributed by atoms with van der Waals surface area (Å²) >= 11 is 1.90. The van der Waals surface area contributed by atoms with E-state index in [4.69, 9.17) is 0 Å². The van der Waals surface area contributed by atoms with E-state index in [1.165, 1.54) is 131 Å². The maximum absolute atomic E-state index is 2.57. The molecule has 81 heavy (non-hydrogen) atoms. The van der Waals surface area contributed by atoms with E-state index in [9.17, 15) is 0 Å². The highest BCUT2D eigenvalue weighted by molar-refractivity contribution is 7.26. The molecule has 14 aromatic rings. The van der Waals surface area contributed by atoms with Crippen LogP contribution in [-0.4, -0.2) is 4.57 Å². The molecule has 0 N–H and O–H groups in total. The summed E-state index contributed by atoms with van der Waals surface area (Å²) in [6, 6.07) is 101. The first kappa shape index (κ1) is 47.5. The van der Waals surface area contributed by atoms with E-state index in [0.717, 1.165) is 22.7 Å². The minimum atomic E-state index is -0.649. The van der Waals surface area contributed by atoms with Crippen LogP contribution in [0.3, 0.4) is 0 Å². The van der Waals surface area contributed by atoms with Crippen LogP contribution in [0, 0.1) is 0 Å². The lowest BCUT2D eigenvalue weighted by Gasteiger charge is -2.33. The van der Waals surface area contributed by atoms with Crippen LogP contribution in [0.1, 0.15) is 61.1 Å². The number of anilines is 3. The summed E-state index contributed by atoms with van der Waals surface area (Å²) in [5, 5.41) is 5.15. The zero-order valence-corrected chi connectivity index (χ0v) is 46.5. The first-order valence-corrected chi connectivity index (χ1v) is 29.4. The Labute approximate surface area is 477 Å². The van der Waals surface area contributed by atoms with Crippen molar-refractivity contribution in [2.75, 3.05) is 4.90 Å². The summed E-state index contributed by atoms with van der Waals surface area (Å²) < 4.78 is 5.13. The predicted molar refractivity (Wildman–Crippen MR) is 344 cm³/mol. The van der Waals surface area contributed by atoms with Crippen molar-refractivity contribution in [3.8, 4) is 61.3 Å². The predicted octanol–water partition coefficient (Wildman–Crippen LogP) is 21.6. The lowest BCUT2D eigenvalue weighted by atomic mass is 9.70. The van der Waals surface area contributed by atoms with Gasteiger partial charge in [-0.15, -0.1) is 11.3 Å². The van der Waals surface area contributed by atoms with Crippen LogP contribution >= 0.6 is 11.3 Å². The van der Waals surface area contributed by atoms with Crippen molar-refractivity contribution in [3.63, 3.8) is 0 Å². The Morgan fingerprint density at radius 2 is 0.864 bits per heavy atom. The molecule has 1 atom stereocenters. The fourth-order valence-electron chi connectivity index (χ4n) is 14.5. The summed E-state index contributed by atoms with van der Waals surface area (Å²) in [6.45, 7) is 8.77. The van der Waals surface area contributed by atoms with E-state index in [0.29, 0.717) is 0 Å². The molecule has 1 spiro atoms. The lowest BCUT2D eigenvalue weighted by molar-refractivity contribution is 0.660. The molecule has 2 nitrogen and oxygen atoms in total. The molecule has 1 unspecified atom stereocenters. The molecule has 0 saturated carbocycles. The molecule has 3 aliphatic carbocycles. The van der Waals surface area contributed by atoms with Gasteiger partial charge in [-0.25, -0.2) is 0 Å². The summed E-state index contributed by atoms with van der Waals surface area (Å²) in [7, 11) is 0. The maximum Gasteiger partial charge on any atom is 0.0727 e. The average molecular weight is 1050 g/mol. The molecule has 0 fully saturated rings. The largest absolute Gasteiger partial charge is 0.310 e. The molecule has 0 aliphatic heterocycles. The minimum Gasteiger partial charge on any atom is -0.310 e. The molecule has 2 heterocycles. The first-order chi connectivity index (χ1) is 39.9. The van der Waals surface area contributed by atoms with Gasteiger partial charge in [-0.3, -0.25) is 0 Å². The van der Waals surface area contributed by atoms with Crippen molar-refractivity contribution in [2.24, 2.45) is 0 Å². The number of para-hydroxylation sites is 1. The average Bonchev–Trinajstić information content (AvgIpc) is 1.76. The van der Waals surface area contributed by atoms with Gasteiger partial charge in [-0.05, 0) is 168 Å². The number of fused-ring (bicyclic) bond motifs is 20. The van der Waals surface area contributed by atoms with E-state index in [-0.39, 0.29) is 5.41 Å². The molecule has 0 radical (unpaired) electrons. The Morgan fingerprint density at radius 3 is 1.63 bits per heavy atom. The molecule has 3 heteroatoms. The van der Waals surface area contributed by atoms with Gasteiger partial charge in [0, 0.05) is 59.1 Å². The fraction of sp³-hybridized carbons (Fsp3) is 0.0769. The third-order valence-corrected chi connectivity index (χ3v) is 19.1. The standard InChI is InChI=1S/C76H50N2S.C2H6/c1-75(2)63-25-13-9-21-55(63)57-37-34-52(44-66(57)75)77(51-32-29-49(30-33-51)47-17-5-3-6-18-47)53-36-39-60-68(45-53)76(65-40-42-72-74(73(60)65)61-24-12-16-28-71(61)79-72)64-26-14-10-22-56(64)58-38-35-54(46-67(58)76)78-69-27-15-11-23-59(69)62-43-50(31-41-70(62)78)48-19-7-4-8-20-48;1-2/h3-46H,1-2H3;1-2H3. The Bertz CT molecular complexity index is 4870. The fourth-order valence-corrected chi connectivity index (χ4v) is 15.6. The second-order valence-electron chi connectivity index (χ2n) is 22.3. The summed E-state index contributed by atoms with van der Waals surface area (Å²) in [5.74, 6) is 0. The van der Waals surface area contributed by atoms with Gasteiger partial charge >= 0.3 is 0 Å². The normalized spacial score (nSPS) is 14.8. The Morgan fingerprint density at radius 1 is 0.333 bits per heavy atom. The second kappa shape index (κ2) is 18.0. The topological polar surface area (TPSA) is 8.17 Å². The SMILES string of the molecule is CC.CC1(C)c2ccccc2-c2ccc(N(c3ccc(-c4ccccc4)cc3)c3ccc4c(c3)C3(c5ccccc5-c5ccc(-n6c7ccccc7c7cc(-c8ccccc8)ccc76)cc53)c3ccc5sc6ccccc6c5c3-4)cc21. The molecule has 0 amide bonds. The lowest BCUT2D eigenvalue weighted by Crippen LogP contribution is -2.26. The van der Waals surface area contributed by atoms with Crippen LogP contribution in [0.2, 0.25) is 0 Å².